The molecule has 0 saturated carbocycles. The van der Waals surface area contributed by atoms with Crippen molar-refractivity contribution in [1.82, 2.24) is 0 Å². The van der Waals surface area contributed by atoms with Gasteiger partial charge in [-0.25, -0.2) is 0 Å². The molecule has 142 valence electrons. The van der Waals surface area contributed by atoms with Gasteiger partial charge in [-0.2, -0.15) is 0 Å². The minimum absolute atomic E-state index is 0.00351. The highest BCUT2D eigenvalue weighted by Crippen LogP contribution is 2.33. The summed E-state index contributed by atoms with van der Waals surface area (Å²) in [6, 6.07) is 5.97. The Bertz CT molecular complexity index is 939. The lowest BCUT2D eigenvalue weighted by molar-refractivity contribution is -0.385. The summed E-state index contributed by atoms with van der Waals surface area (Å²) in [5, 5.41) is 24.9. The topological polar surface area (TPSA) is 125 Å². The molecule has 27 heavy (non-hydrogen) atoms. The SMILES string of the molecule is Cc1cc(C)c(OCC(=O)Nc2c([N+](=O)[O-])ccc(C)c2C)c([N+](=O)[O-])c1. The summed E-state index contributed by atoms with van der Waals surface area (Å²) >= 11 is 0. The number of hydrogen-bond donors (Lipinski definition) is 1. The van der Waals surface area contributed by atoms with Crippen LogP contribution in [0.15, 0.2) is 24.3 Å². The van der Waals surface area contributed by atoms with Crippen molar-refractivity contribution >= 4 is 23.0 Å². The smallest absolute Gasteiger partial charge is 0.311 e. The van der Waals surface area contributed by atoms with E-state index in [1.807, 2.05) is 0 Å². The Morgan fingerprint density at radius 3 is 2.22 bits per heavy atom. The number of benzene rings is 2. The van der Waals surface area contributed by atoms with Crippen molar-refractivity contribution in [3.8, 4) is 5.75 Å². The lowest BCUT2D eigenvalue weighted by atomic mass is 10.1. The van der Waals surface area contributed by atoms with E-state index >= 15 is 0 Å². The van der Waals surface area contributed by atoms with Gasteiger partial charge in [-0.3, -0.25) is 25.0 Å². The molecule has 1 amide bonds. The predicted molar refractivity (Wildman–Crippen MR) is 99.3 cm³/mol. The molecular formula is C18H19N3O6. The monoisotopic (exact) mass is 373 g/mol. The van der Waals surface area contributed by atoms with E-state index in [1.54, 1.807) is 39.8 Å². The van der Waals surface area contributed by atoms with Crippen molar-refractivity contribution in [1.29, 1.82) is 0 Å². The van der Waals surface area contributed by atoms with E-state index in [1.165, 1.54) is 12.1 Å². The second-order valence-electron chi connectivity index (χ2n) is 6.18. The van der Waals surface area contributed by atoms with Crippen molar-refractivity contribution in [2.45, 2.75) is 27.7 Å². The Labute approximate surface area is 155 Å². The normalized spacial score (nSPS) is 10.4. The number of aryl methyl sites for hydroxylation is 3. The first-order valence-electron chi connectivity index (χ1n) is 8.04. The third-order valence-electron chi connectivity index (χ3n) is 4.12. The van der Waals surface area contributed by atoms with Crippen LogP contribution in [0.4, 0.5) is 17.1 Å². The van der Waals surface area contributed by atoms with Crippen LogP contribution in [-0.2, 0) is 4.79 Å². The van der Waals surface area contributed by atoms with Gasteiger partial charge in [0.05, 0.1) is 9.85 Å². The fourth-order valence-electron chi connectivity index (χ4n) is 2.68. The standard InChI is InChI=1S/C18H19N3O6/c1-10-7-12(3)18(15(8-10)21(25)26)27-9-16(22)19-17-13(4)11(2)5-6-14(17)20(23)24/h5-8H,9H2,1-4H3,(H,19,22). The van der Waals surface area contributed by atoms with Crippen LogP contribution in [0, 0.1) is 47.9 Å². The molecule has 0 atom stereocenters. The van der Waals surface area contributed by atoms with Gasteiger partial charge in [-0.1, -0.05) is 12.1 Å². The van der Waals surface area contributed by atoms with Crippen molar-refractivity contribution in [3.63, 3.8) is 0 Å². The zero-order chi connectivity index (χ0) is 20.3. The lowest BCUT2D eigenvalue weighted by Crippen LogP contribution is -2.22. The van der Waals surface area contributed by atoms with Gasteiger partial charge in [0.1, 0.15) is 5.69 Å². The third kappa shape index (κ3) is 4.38. The van der Waals surface area contributed by atoms with Crippen LogP contribution in [0.3, 0.4) is 0 Å². The largest absolute Gasteiger partial charge is 0.477 e. The van der Waals surface area contributed by atoms with Gasteiger partial charge < -0.3 is 10.1 Å². The summed E-state index contributed by atoms with van der Waals surface area (Å²) in [5.41, 5.74) is 2.18. The highest BCUT2D eigenvalue weighted by Gasteiger charge is 2.22. The number of nitro benzene ring substituents is 2. The number of nitrogens with one attached hydrogen (secondary N) is 1. The number of anilines is 1. The molecule has 0 aliphatic rings. The molecule has 0 aliphatic carbocycles. The van der Waals surface area contributed by atoms with Crippen LogP contribution in [-0.4, -0.2) is 22.4 Å². The Hall–Kier alpha value is -3.49. The van der Waals surface area contributed by atoms with Crippen molar-refractivity contribution in [2.75, 3.05) is 11.9 Å². The number of nitrogens with zero attached hydrogens (tertiary/aromatic N) is 2. The van der Waals surface area contributed by atoms with Gasteiger partial charge in [0.25, 0.3) is 11.6 Å². The molecule has 1 N–H and O–H groups in total. The number of carbonyl (C=O) groups is 1. The van der Waals surface area contributed by atoms with E-state index < -0.39 is 22.4 Å². The summed E-state index contributed by atoms with van der Waals surface area (Å²) in [6.07, 6.45) is 0. The summed E-state index contributed by atoms with van der Waals surface area (Å²) in [5.74, 6) is -0.655. The Balaban J connectivity index is 2.23. The van der Waals surface area contributed by atoms with E-state index in [2.05, 4.69) is 5.32 Å². The molecule has 0 aliphatic heterocycles. The summed E-state index contributed by atoms with van der Waals surface area (Å²) in [7, 11) is 0. The first-order chi connectivity index (χ1) is 12.6. The second-order valence-corrected chi connectivity index (χ2v) is 6.18. The first kappa shape index (κ1) is 19.8. The molecule has 0 aromatic heterocycles. The van der Waals surface area contributed by atoms with Crippen LogP contribution in [0.25, 0.3) is 0 Å². The van der Waals surface area contributed by atoms with E-state index in [9.17, 15) is 25.0 Å². The number of amides is 1. The van der Waals surface area contributed by atoms with Gasteiger partial charge in [0.2, 0.25) is 5.75 Å². The number of rotatable bonds is 6. The molecule has 0 unspecified atom stereocenters. The Kier molecular flexibility index (Phi) is 5.74. The van der Waals surface area contributed by atoms with E-state index in [-0.39, 0.29) is 22.8 Å². The maximum atomic E-state index is 12.3. The van der Waals surface area contributed by atoms with E-state index in [0.717, 1.165) is 5.56 Å². The first-order valence-corrected chi connectivity index (χ1v) is 8.04. The zero-order valence-electron chi connectivity index (χ0n) is 15.4. The minimum atomic E-state index is -0.652. The molecule has 0 spiro atoms. The molecule has 9 nitrogen and oxygen atoms in total. The molecule has 2 aromatic carbocycles. The predicted octanol–water partition coefficient (Wildman–Crippen LogP) is 3.75. The maximum Gasteiger partial charge on any atom is 0.311 e. The number of ether oxygens (including phenoxy) is 1. The molecule has 0 bridgehead atoms. The van der Waals surface area contributed by atoms with Crippen molar-refractivity contribution in [3.05, 3.63) is 66.7 Å². The molecule has 0 heterocycles. The molecule has 0 radical (unpaired) electrons. The number of carbonyl (C=O) groups excluding carboxylic acids is 1. The van der Waals surface area contributed by atoms with Crippen LogP contribution >= 0.6 is 0 Å². The lowest BCUT2D eigenvalue weighted by Gasteiger charge is -2.13. The van der Waals surface area contributed by atoms with Crippen LogP contribution in [0.1, 0.15) is 22.3 Å². The summed E-state index contributed by atoms with van der Waals surface area (Å²) < 4.78 is 5.37. The minimum Gasteiger partial charge on any atom is -0.477 e. The van der Waals surface area contributed by atoms with Gasteiger partial charge >= 0.3 is 5.69 Å². The van der Waals surface area contributed by atoms with Gasteiger partial charge in [-0.15, -0.1) is 0 Å². The van der Waals surface area contributed by atoms with Gasteiger partial charge in [0, 0.05) is 12.1 Å². The second kappa shape index (κ2) is 7.81. The molecule has 0 saturated heterocycles. The molecule has 9 heteroatoms. The number of nitro groups is 2. The number of hydrogen-bond acceptors (Lipinski definition) is 6. The molecule has 2 aromatic rings. The van der Waals surface area contributed by atoms with E-state index in [0.29, 0.717) is 16.7 Å². The van der Waals surface area contributed by atoms with Gasteiger partial charge in [-0.05, 0) is 49.9 Å². The van der Waals surface area contributed by atoms with Crippen LogP contribution in [0.5, 0.6) is 5.75 Å². The van der Waals surface area contributed by atoms with Crippen LogP contribution < -0.4 is 10.1 Å². The zero-order valence-corrected chi connectivity index (χ0v) is 15.4. The maximum absolute atomic E-state index is 12.3. The van der Waals surface area contributed by atoms with E-state index in [4.69, 9.17) is 4.74 Å². The van der Waals surface area contributed by atoms with Crippen LogP contribution in [0.2, 0.25) is 0 Å². The molecule has 2 rings (SSSR count). The fourth-order valence-corrected chi connectivity index (χ4v) is 2.68. The molecule has 0 fully saturated rings. The highest BCUT2D eigenvalue weighted by molar-refractivity contribution is 5.95. The third-order valence-corrected chi connectivity index (χ3v) is 4.12. The quantitative estimate of drug-likeness (QED) is 0.607. The van der Waals surface area contributed by atoms with Gasteiger partial charge in [0.15, 0.2) is 6.61 Å². The Morgan fingerprint density at radius 1 is 1.00 bits per heavy atom. The fraction of sp³-hybridized carbons (Fsp3) is 0.278. The van der Waals surface area contributed by atoms with Crippen molar-refractivity contribution in [2.24, 2.45) is 0 Å². The average Bonchev–Trinajstić information content (AvgIpc) is 2.57. The Morgan fingerprint density at radius 2 is 1.63 bits per heavy atom. The van der Waals surface area contributed by atoms with Crippen molar-refractivity contribution < 1.29 is 19.4 Å². The summed E-state index contributed by atoms with van der Waals surface area (Å²) in [6.45, 7) is 6.27. The highest BCUT2D eigenvalue weighted by atomic mass is 16.6. The summed E-state index contributed by atoms with van der Waals surface area (Å²) in [4.78, 5) is 33.5. The molecular weight excluding hydrogens is 354 g/mol. The average molecular weight is 373 g/mol.